The zero-order valence-corrected chi connectivity index (χ0v) is 18.0. The Morgan fingerprint density at radius 3 is 2.61 bits per heavy atom. The van der Waals surface area contributed by atoms with Crippen molar-refractivity contribution < 1.29 is 0 Å². The largest absolute Gasteiger partial charge is 0.322 e. The maximum atomic E-state index is 12.2. The Bertz CT molecular complexity index is 1010. The Balaban J connectivity index is 0.00000136. The van der Waals surface area contributed by atoms with Gasteiger partial charge in [0.2, 0.25) is 0 Å². The molecule has 0 saturated heterocycles. The van der Waals surface area contributed by atoms with Crippen molar-refractivity contribution >= 4 is 10.9 Å². The van der Waals surface area contributed by atoms with Gasteiger partial charge in [-0.25, -0.2) is 0 Å². The van der Waals surface area contributed by atoms with Crippen LogP contribution in [0.25, 0.3) is 10.9 Å². The number of nitrogens with one attached hydrogen (secondary N) is 1. The van der Waals surface area contributed by atoms with Crippen molar-refractivity contribution in [1.82, 2.24) is 4.98 Å². The molecule has 28 heavy (non-hydrogen) atoms. The van der Waals surface area contributed by atoms with Crippen molar-refractivity contribution in [3.05, 3.63) is 69.5 Å². The molecule has 3 rings (SSSR count). The fourth-order valence-electron chi connectivity index (χ4n) is 4.19. The van der Waals surface area contributed by atoms with E-state index < -0.39 is 5.41 Å². The zero-order valence-electron chi connectivity index (χ0n) is 18.0. The lowest BCUT2D eigenvalue weighted by Crippen LogP contribution is -2.30. The van der Waals surface area contributed by atoms with Crippen LogP contribution in [0.2, 0.25) is 0 Å². The monoisotopic (exact) mass is 376 g/mol. The van der Waals surface area contributed by atoms with E-state index in [1.807, 2.05) is 52.0 Å². The van der Waals surface area contributed by atoms with Crippen molar-refractivity contribution in [2.45, 2.75) is 66.2 Å². The first-order valence-electron chi connectivity index (χ1n) is 10.2. The minimum absolute atomic E-state index is 0.0428. The molecule has 1 N–H and O–H groups in total. The first-order chi connectivity index (χ1) is 13.3. The number of hydrogen-bond acceptors (Lipinski definition) is 2. The lowest BCUT2D eigenvalue weighted by molar-refractivity contribution is 0.317. The number of benzene rings is 1. The summed E-state index contributed by atoms with van der Waals surface area (Å²) in [5.74, 6) is 0. The number of H-pyrrole nitrogens is 1. The summed E-state index contributed by atoms with van der Waals surface area (Å²) in [6.07, 6.45) is 8.86. The van der Waals surface area contributed by atoms with E-state index in [1.165, 1.54) is 5.57 Å². The van der Waals surface area contributed by atoms with Crippen molar-refractivity contribution in [3.8, 4) is 6.07 Å². The third-order valence-corrected chi connectivity index (χ3v) is 5.51. The number of hydrogen-bond donors (Lipinski definition) is 1. The molecule has 0 saturated carbocycles. The van der Waals surface area contributed by atoms with Crippen molar-refractivity contribution in [2.24, 2.45) is 5.41 Å². The van der Waals surface area contributed by atoms with Crippen LogP contribution in [0.15, 0.2) is 52.9 Å². The standard InChI is InChI=1S/C23H26N2O.C2H6/c1-5-17-11-18-8-9-19(12-20(18)25-21(17)26)23(4,15-24)14-22(3)10-6-7-16(2)13-22;1-2/h6-12H,5,13-14H2,1-4H3,(H,25,26);1-2H3. The van der Waals surface area contributed by atoms with E-state index >= 15 is 0 Å². The van der Waals surface area contributed by atoms with Gasteiger partial charge in [-0.2, -0.15) is 5.26 Å². The molecule has 0 bridgehead atoms. The molecule has 3 heteroatoms. The Morgan fingerprint density at radius 2 is 2.00 bits per heavy atom. The Kier molecular flexibility index (Phi) is 6.67. The quantitative estimate of drug-likeness (QED) is 0.690. The first-order valence-corrected chi connectivity index (χ1v) is 10.2. The van der Waals surface area contributed by atoms with Crippen LogP contribution in [-0.2, 0) is 11.8 Å². The molecule has 2 unspecified atom stereocenters. The molecule has 2 atom stereocenters. The van der Waals surface area contributed by atoms with Crippen LogP contribution in [0, 0.1) is 16.7 Å². The fourth-order valence-corrected chi connectivity index (χ4v) is 4.19. The molecule has 1 heterocycles. The SMILES string of the molecule is CC.CCc1cc2ccc(C(C)(C#N)CC3(C)C=CC=C(C)C3)cc2[nH]c1=O. The summed E-state index contributed by atoms with van der Waals surface area (Å²) in [5, 5.41) is 11.0. The second-order valence-electron chi connectivity index (χ2n) is 8.10. The number of pyridine rings is 1. The molecule has 2 aromatic rings. The van der Waals surface area contributed by atoms with Gasteiger partial charge in [0.25, 0.3) is 5.56 Å². The summed E-state index contributed by atoms with van der Waals surface area (Å²) in [6.45, 7) is 12.3. The molecule has 1 aliphatic carbocycles. The number of aromatic nitrogens is 1. The maximum absolute atomic E-state index is 12.2. The Morgan fingerprint density at radius 1 is 1.29 bits per heavy atom. The molecule has 0 amide bonds. The molecule has 3 nitrogen and oxygen atoms in total. The molecule has 0 spiro atoms. The van der Waals surface area contributed by atoms with E-state index in [9.17, 15) is 10.1 Å². The molecular weight excluding hydrogens is 344 g/mol. The van der Waals surface area contributed by atoms with Crippen LogP contribution in [-0.4, -0.2) is 4.98 Å². The molecule has 1 aliphatic rings. The minimum Gasteiger partial charge on any atom is -0.322 e. The van der Waals surface area contributed by atoms with E-state index in [2.05, 4.69) is 43.1 Å². The first kappa shape index (κ1) is 21.7. The molecule has 1 aromatic heterocycles. The lowest BCUT2D eigenvalue weighted by atomic mass is 9.67. The summed E-state index contributed by atoms with van der Waals surface area (Å²) in [4.78, 5) is 15.1. The van der Waals surface area contributed by atoms with Gasteiger partial charge in [-0.1, -0.05) is 63.6 Å². The summed E-state index contributed by atoms with van der Waals surface area (Å²) in [6, 6.07) is 10.5. The van der Waals surface area contributed by atoms with Gasteiger partial charge < -0.3 is 4.98 Å². The smallest absolute Gasteiger partial charge is 0.251 e. The van der Waals surface area contributed by atoms with Crippen molar-refractivity contribution in [3.63, 3.8) is 0 Å². The second-order valence-corrected chi connectivity index (χ2v) is 8.10. The molecule has 1 aromatic carbocycles. The Hall–Kier alpha value is -2.60. The minimum atomic E-state index is -0.620. The number of aromatic amines is 1. The van der Waals surface area contributed by atoms with Gasteiger partial charge in [0.05, 0.1) is 11.5 Å². The lowest BCUT2D eigenvalue weighted by Gasteiger charge is -2.36. The molecule has 0 fully saturated rings. The number of nitrogens with zero attached hydrogens (tertiary/aromatic N) is 1. The average molecular weight is 377 g/mol. The third kappa shape index (κ3) is 4.44. The number of aryl methyl sites for hydroxylation is 1. The summed E-state index contributed by atoms with van der Waals surface area (Å²) >= 11 is 0. The fraction of sp³-hybridized carbons (Fsp3) is 0.440. The molecule has 0 radical (unpaired) electrons. The van der Waals surface area contributed by atoms with Crippen molar-refractivity contribution in [2.75, 3.05) is 0 Å². The number of fused-ring (bicyclic) bond motifs is 1. The van der Waals surface area contributed by atoms with Crippen LogP contribution in [0.3, 0.4) is 0 Å². The highest BCUT2D eigenvalue weighted by Crippen LogP contribution is 2.43. The topological polar surface area (TPSA) is 56.6 Å². The highest BCUT2D eigenvalue weighted by molar-refractivity contribution is 5.80. The van der Waals surface area contributed by atoms with Crippen LogP contribution in [0.4, 0.5) is 0 Å². The zero-order chi connectivity index (χ0) is 20.9. The van der Waals surface area contributed by atoms with Crippen LogP contribution >= 0.6 is 0 Å². The van der Waals surface area contributed by atoms with Crippen LogP contribution in [0.1, 0.15) is 65.5 Å². The van der Waals surface area contributed by atoms with Gasteiger partial charge in [-0.15, -0.1) is 0 Å². The van der Waals surface area contributed by atoms with Gasteiger partial charge in [0.15, 0.2) is 0 Å². The molecular formula is C25H32N2O. The van der Waals surface area contributed by atoms with Gasteiger partial charge in [-0.3, -0.25) is 4.79 Å². The molecule has 148 valence electrons. The predicted octanol–water partition coefficient (Wildman–Crippen LogP) is 6.20. The Labute approximate surface area is 168 Å². The normalized spacial score (nSPS) is 20.5. The van der Waals surface area contributed by atoms with Gasteiger partial charge in [0, 0.05) is 11.1 Å². The average Bonchev–Trinajstić information content (AvgIpc) is 2.67. The number of allylic oxidation sites excluding steroid dienone is 4. The second kappa shape index (κ2) is 8.61. The van der Waals surface area contributed by atoms with Gasteiger partial charge >= 0.3 is 0 Å². The molecule has 0 aliphatic heterocycles. The highest BCUT2D eigenvalue weighted by Gasteiger charge is 2.36. The van der Waals surface area contributed by atoms with Gasteiger partial charge in [0.1, 0.15) is 0 Å². The van der Waals surface area contributed by atoms with E-state index in [-0.39, 0.29) is 11.0 Å². The highest BCUT2D eigenvalue weighted by atomic mass is 16.1. The van der Waals surface area contributed by atoms with Crippen LogP contribution in [0.5, 0.6) is 0 Å². The van der Waals surface area contributed by atoms with Gasteiger partial charge in [-0.05, 0) is 61.6 Å². The van der Waals surface area contributed by atoms with Crippen molar-refractivity contribution in [1.29, 1.82) is 5.26 Å². The van der Waals surface area contributed by atoms with E-state index in [1.54, 1.807) is 0 Å². The van der Waals surface area contributed by atoms with E-state index in [0.29, 0.717) is 6.42 Å². The maximum Gasteiger partial charge on any atom is 0.251 e. The third-order valence-electron chi connectivity index (χ3n) is 5.51. The van der Waals surface area contributed by atoms with E-state index in [4.69, 9.17) is 0 Å². The predicted molar refractivity (Wildman–Crippen MR) is 118 cm³/mol. The summed E-state index contributed by atoms with van der Waals surface area (Å²) < 4.78 is 0. The number of nitriles is 1. The van der Waals surface area contributed by atoms with E-state index in [0.717, 1.165) is 34.9 Å². The summed E-state index contributed by atoms with van der Waals surface area (Å²) in [7, 11) is 0. The summed E-state index contributed by atoms with van der Waals surface area (Å²) in [5.41, 5.74) is 3.17. The number of rotatable bonds is 4. The van der Waals surface area contributed by atoms with Crippen LogP contribution < -0.4 is 5.56 Å².